The first-order chi connectivity index (χ1) is 9.11. The van der Waals surface area contributed by atoms with Gasteiger partial charge in [-0.3, -0.25) is 0 Å². The van der Waals surface area contributed by atoms with Crippen LogP contribution < -0.4 is 0 Å². The minimum atomic E-state index is -1.04. The summed E-state index contributed by atoms with van der Waals surface area (Å²) in [6.07, 6.45) is -1.04. The molecule has 0 aromatic heterocycles. The van der Waals surface area contributed by atoms with Crippen LogP contribution >= 0.6 is 0 Å². The number of carbonyl (C=O) groups excluding carboxylic acids is 1. The van der Waals surface area contributed by atoms with Crippen molar-refractivity contribution in [1.29, 1.82) is 0 Å². The maximum absolute atomic E-state index is 11.9. The van der Waals surface area contributed by atoms with Gasteiger partial charge in [0.05, 0.1) is 5.57 Å². The van der Waals surface area contributed by atoms with Gasteiger partial charge < -0.3 is 9.84 Å². The molecule has 0 bridgehead atoms. The number of carbonyl (C=O) groups is 1. The van der Waals surface area contributed by atoms with Crippen LogP contribution in [0.15, 0.2) is 36.4 Å². The first-order valence-electron chi connectivity index (χ1n) is 6.82. The summed E-state index contributed by atoms with van der Waals surface area (Å²) >= 11 is 0. The molecular weight excluding hydrogens is 252 g/mol. The van der Waals surface area contributed by atoms with Crippen LogP contribution in [0.4, 0.5) is 0 Å². The predicted octanol–water partition coefficient (Wildman–Crippen LogP) is 3.74. The Kier molecular flexibility index (Phi) is 5.12. The summed E-state index contributed by atoms with van der Waals surface area (Å²) in [6.45, 7) is 13.2. The van der Waals surface area contributed by atoms with Gasteiger partial charge in [0.1, 0.15) is 11.7 Å². The molecule has 0 spiro atoms. The summed E-state index contributed by atoms with van der Waals surface area (Å²) in [4.78, 5) is 11.9. The minimum absolute atomic E-state index is 0.0530. The molecule has 1 rings (SSSR count). The Labute approximate surface area is 121 Å². The van der Waals surface area contributed by atoms with Crippen LogP contribution in [0.1, 0.15) is 57.8 Å². The van der Waals surface area contributed by atoms with Gasteiger partial charge in [-0.2, -0.15) is 0 Å². The lowest BCUT2D eigenvalue weighted by Crippen LogP contribution is -2.26. The molecule has 0 radical (unpaired) electrons. The minimum Gasteiger partial charge on any atom is -0.457 e. The van der Waals surface area contributed by atoms with Gasteiger partial charge >= 0.3 is 5.97 Å². The molecule has 20 heavy (non-hydrogen) atoms. The molecule has 3 nitrogen and oxygen atoms in total. The van der Waals surface area contributed by atoms with Gasteiger partial charge in [0.2, 0.25) is 0 Å². The van der Waals surface area contributed by atoms with Crippen LogP contribution in [-0.2, 0) is 9.53 Å². The average molecular weight is 276 g/mol. The highest BCUT2D eigenvalue weighted by Gasteiger charge is 2.24. The van der Waals surface area contributed by atoms with E-state index in [1.54, 1.807) is 20.8 Å². The zero-order chi connectivity index (χ0) is 15.5. The van der Waals surface area contributed by atoms with Crippen molar-refractivity contribution < 1.29 is 14.6 Å². The first kappa shape index (κ1) is 16.4. The number of aliphatic hydroxyl groups is 1. The quantitative estimate of drug-likeness (QED) is 0.673. The molecule has 1 aromatic rings. The predicted molar refractivity (Wildman–Crippen MR) is 80.5 cm³/mol. The van der Waals surface area contributed by atoms with E-state index >= 15 is 0 Å². The third-order valence-electron chi connectivity index (χ3n) is 2.91. The first-order valence-corrected chi connectivity index (χ1v) is 6.82. The fourth-order valence-corrected chi connectivity index (χ4v) is 1.72. The maximum Gasteiger partial charge on any atom is 0.336 e. The Morgan fingerprint density at radius 1 is 1.15 bits per heavy atom. The Morgan fingerprint density at radius 2 is 1.60 bits per heavy atom. The standard InChI is InChI=1S/C17H24O3/c1-11(2)13-7-9-14(10-8-13)15(18)12(3)16(19)20-17(4,5)6/h7-11,15,18H,3H2,1-2,4-6H3. The molecule has 1 aromatic carbocycles. The molecule has 0 aliphatic rings. The lowest BCUT2D eigenvalue weighted by Gasteiger charge is -2.22. The second-order valence-electron chi connectivity index (χ2n) is 6.25. The smallest absolute Gasteiger partial charge is 0.336 e. The molecule has 3 heteroatoms. The molecule has 0 amide bonds. The second kappa shape index (κ2) is 6.23. The highest BCUT2D eigenvalue weighted by atomic mass is 16.6. The topological polar surface area (TPSA) is 46.5 Å². The van der Waals surface area contributed by atoms with Crippen molar-refractivity contribution in [2.24, 2.45) is 0 Å². The number of hydrogen-bond donors (Lipinski definition) is 1. The van der Waals surface area contributed by atoms with Gasteiger partial charge in [-0.15, -0.1) is 0 Å². The fraction of sp³-hybridized carbons (Fsp3) is 0.471. The van der Waals surface area contributed by atoms with Crippen LogP contribution in [-0.4, -0.2) is 16.7 Å². The third kappa shape index (κ3) is 4.49. The van der Waals surface area contributed by atoms with Crippen molar-refractivity contribution in [3.8, 4) is 0 Å². The van der Waals surface area contributed by atoms with E-state index in [-0.39, 0.29) is 5.57 Å². The van der Waals surface area contributed by atoms with Crippen molar-refractivity contribution in [2.75, 3.05) is 0 Å². The van der Waals surface area contributed by atoms with E-state index in [4.69, 9.17) is 4.74 Å². The lowest BCUT2D eigenvalue weighted by atomic mass is 9.97. The third-order valence-corrected chi connectivity index (χ3v) is 2.91. The van der Waals surface area contributed by atoms with E-state index in [1.807, 2.05) is 24.3 Å². The summed E-state index contributed by atoms with van der Waals surface area (Å²) in [5, 5.41) is 10.2. The second-order valence-corrected chi connectivity index (χ2v) is 6.25. The van der Waals surface area contributed by atoms with Crippen molar-refractivity contribution >= 4 is 5.97 Å². The Hall–Kier alpha value is -1.61. The Morgan fingerprint density at radius 3 is 2.00 bits per heavy atom. The van der Waals surface area contributed by atoms with Gasteiger partial charge in [-0.25, -0.2) is 4.79 Å². The average Bonchev–Trinajstić information content (AvgIpc) is 2.35. The van der Waals surface area contributed by atoms with Gasteiger partial charge in [0.15, 0.2) is 0 Å². The largest absolute Gasteiger partial charge is 0.457 e. The molecule has 0 aliphatic heterocycles. The Bertz CT molecular complexity index is 478. The van der Waals surface area contributed by atoms with E-state index in [1.165, 1.54) is 5.56 Å². The monoisotopic (exact) mass is 276 g/mol. The van der Waals surface area contributed by atoms with Crippen LogP contribution in [0, 0.1) is 0 Å². The van der Waals surface area contributed by atoms with Crippen molar-refractivity contribution in [1.82, 2.24) is 0 Å². The van der Waals surface area contributed by atoms with Gasteiger partial charge in [-0.1, -0.05) is 44.7 Å². The molecular formula is C17H24O3. The van der Waals surface area contributed by atoms with E-state index in [2.05, 4.69) is 20.4 Å². The van der Waals surface area contributed by atoms with Gasteiger partial charge in [0.25, 0.3) is 0 Å². The number of ether oxygens (including phenoxy) is 1. The number of rotatable bonds is 4. The number of benzene rings is 1. The number of aliphatic hydroxyl groups excluding tert-OH is 1. The lowest BCUT2D eigenvalue weighted by molar-refractivity contribution is -0.151. The summed E-state index contributed by atoms with van der Waals surface area (Å²) in [7, 11) is 0. The van der Waals surface area contributed by atoms with E-state index in [0.29, 0.717) is 11.5 Å². The molecule has 110 valence electrons. The molecule has 0 aliphatic carbocycles. The molecule has 0 saturated carbocycles. The summed E-state index contributed by atoms with van der Waals surface area (Å²) in [5.41, 5.74) is 1.28. The molecule has 0 heterocycles. The highest BCUT2D eigenvalue weighted by Crippen LogP contribution is 2.25. The number of hydrogen-bond acceptors (Lipinski definition) is 3. The van der Waals surface area contributed by atoms with Crippen molar-refractivity contribution in [3.63, 3.8) is 0 Å². The van der Waals surface area contributed by atoms with Crippen LogP contribution in [0.3, 0.4) is 0 Å². The fourth-order valence-electron chi connectivity index (χ4n) is 1.72. The zero-order valence-electron chi connectivity index (χ0n) is 12.9. The molecule has 1 unspecified atom stereocenters. The van der Waals surface area contributed by atoms with E-state index in [0.717, 1.165) is 0 Å². The normalized spacial score (nSPS) is 13.2. The van der Waals surface area contributed by atoms with Crippen LogP contribution in [0.5, 0.6) is 0 Å². The van der Waals surface area contributed by atoms with Crippen LogP contribution in [0.25, 0.3) is 0 Å². The van der Waals surface area contributed by atoms with Crippen molar-refractivity contribution in [3.05, 3.63) is 47.5 Å². The summed E-state index contributed by atoms with van der Waals surface area (Å²) in [5.74, 6) is -0.145. The van der Waals surface area contributed by atoms with Gasteiger partial charge in [0, 0.05) is 0 Å². The van der Waals surface area contributed by atoms with Crippen LogP contribution in [0.2, 0.25) is 0 Å². The molecule has 1 N–H and O–H groups in total. The summed E-state index contributed by atoms with van der Waals surface area (Å²) < 4.78 is 5.21. The molecule has 0 fully saturated rings. The van der Waals surface area contributed by atoms with E-state index in [9.17, 15) is 9.90 Å². The highest BCUT2D eigenvalue weighted by molar-refractivity contribution is 5.89. The maximum atomic E-state index is 11.9. The van der Waals surface area contributed by atoms with E-state index < -0.39 is 17.7 Å². The summed E-state index contributed by atoms with van der Waals surface area (Å²) in [6, 6.07) is 7.53. The molecule has 1 atom stereocenters. The molecule has 0 saturated heterocycles. The van der Waals surface area contributed by atoms with Gasteiger partial charge in [-0.05, 0) is 37.8 Å². The van der Waals surface area contributed by atoms with Crippen molar-refractivity contribution in [2.45, 2.75) is 52.2 Å². The zero-order valence-corrected chi connectivity index (χ0v) is 12.9. The Balaban J connectivity index is 2.81. The SMILES string of the molecule is C=C(C(=O)OC(C)(C)C)C(O)c1ccc(C(C)C)cc1. The number of esters is 1.